The molecule has 2 aromatic rings. The van der Waals surface area contributed by atoms with Gasteiger partial charge < -0.3 is 5.32 Å². The molecule has 2 aliphatic rings. The van der Waals surface area contributed by atoms with Crippen LogP contribution >= 0.6 is 27.3 Å². The molecule has 2 fully saturated rings. The minimum Gasteiger partial charge on any atom is -0.366 e. The zero-order valence-corrected chi connectivity index (χ0v) is 14.7. The molecular formula is C16H19BrN4S. The number of hydrogen-bond acceptors (Lipinski definition) is 5. The quantitative estimate of drug-likeness (QED) is 0.857. The number of hydrogen-bond donors (Lipinski definition) is 1. The van der Waals surface area contributed by atoms with Gasteiger partial charge in [-0.3, -0.25) is 4.90 Å². The predicted molar refractivity (Wildman–Crippen MR) is 93.3 cm³/mol. The minimum atomic E-state index is 0.491. The Morgan fingerprint density at radius 3 is 2.95 bits per heavy atom. The largest absolute Gasteiger partial charge is 0.366 e. The highest BCUT2D eigenvalue weighted by atomic mass is 79.9. The van der Waals surface area contributed by atoms with Crippen LogP contribution in [0.3, 0.4) is 0 Å². The zero-order chi connectivity index (χ0) is 14.9. The molecule has 1 N–H and O–H groups in total. The third kappa shape index (κ3) is 3.50. The third-order valence-corrected chi connectivity index (χ3v) is 5.86. The number of thiophene rings is 1. The van der Waals surface area contributed by atoms with Crippen molar-refractivity contribution in [2.75, 3.05) is 18.4 Å². The van der Waals surface area contributed by atoms with E-state index in [-0.39, 0.29) is 0 Å². The lowest BCUT2D eigenvalue weighted by Gasteiger charge is -2.16. The highest BCUT2D eigenvalue weighted by Gasteiger charge is 2.27. The van der Waals surface area contributed by atoms with Gasteiger partial charge in [0.05, 0.1) is 3.79 Å². The van der Waals surface area contributed by atoms with Gasteiger partial charge in [-0.2, -0.15) is 0 Å². The van der Waals surface area contributed by atoms with Crippen molar-refractivity contribution in [1.82, 2.24) is 14.9 Å². The average Bonchev–Trinajstić information content (AvgIpc) is 3.16. The fraction of sp³-hybridized carbons (Fsp3) is 0.500. The van der Waals surface area contributed by atoms with Crippen LogP contribution in [0.15, 0.2) is 28.2 Å². The number of anilines is 1. The van der Waals surface area contributed by atoms with Crippen molar-refractivity contribution in [3.8, 4) is 0 Å². The SMILES string of the molecule is Brc1ccc(CN2CCC(Nc3ccnc(C4CC4)n3)C2)s1. The van der Waals surface area contributed by atoms with E-state index in [1.165, 1.54) is 27.9 Å². The topological polar surface area (TPSA) is 41.0 Å². The molecule has 116 valence electrons. The Labute approximate surface area is 143 Å². The molecule has 1 unspecified atom stereocenters. The van der Waals surface area contributed by atoms with E-state index in [9.17, 15) is 0 Å². The Bertz CT molecular complexity index is 655. The van der Waals surface area contributed by atoms with Crippen LogP contribution in [-0.4, -0.2) is 34.0 Å². The molecule has 0 amide bonds. The summed E-state index contributed by atoms with van der Waals surface area (Å²) in [4.78, 5) is 13.0. The monoisotopic (exact) mass is 378 g/mol. The van der Waals surface area contributed by atoms with E-state index in [0.29, 0.717) is 12.0 Å². The second-order valence-electron chi connectivity index (χ2n) is 6.15. The number of aromatic nitrogens is 2. The molecule has 1 aliphatic carbocycles. The highest BCUT2D eigenvalue weighted by Crippen LogP contribution is 2.38. The highest BCUT2D eigenvalue weighted by molar-refractivity contribution is 9.11. The van der Waals surface area contributed by atoms with E-state index < -0.39 is 0 Å². The van der Waals surface area contributed by atoms with Crippen molar-refractivity contribution in [3.63, 3.8) is 0 Å². The molecule has 1 atom stereocenters. The molecule has 2 aromatic heterocycles. The van der Waals surface area contributed by atoms with Crippen LogP contribution in [0.5, 0.6) is 0 Å². The van der Waals surface area contributed by atoms with Crippen molar-refractivity contribution in [3.05, 3.63) is 38.9 Å². The van der Waals surface area contributed by atoms with Gasteiger partial charge in [0.2, 0.25) is 0 Å². The summed E-state index contributed by atoms with van der Waals surface area (Å²) in [5.74, 6) is 2.62. The van der Waals surface area contributed by atoms with Crippen LogP contribution in [0.25, 0.3) is 0 Å². The summed E-state index contributed by atoms with van der Waals surface area (Å²) in [6.45, 7) is 3.28. The molecule has 4 rings (SSSR count). The first-order chi connectivity index (χ1) is 10.8. The lowest BCUT2D eigenvalue weighted by Crippen LogP contribution is -2.26. The van der Waals surface area contributed by atoms with Crippen molar-refractivity contribution >= 4 is 33.1 Å². The molecule has 4 nitrogen and oxygen atoms in total. The van der Waals surface area contributed by atoms with Gasteiger partial charge in [0.15, 0.2) is 0 Å². The molecule has 1 aliphatic heterocycles. The maximum absolute atomic E-state index is 4.67. The van der Waals surface area contributed by atoms with E-state index in [2.05, 4.69) is 48.2 Å². The number of likely N-dealkylation sites (tertiary alicyclic amines) is 1. The lowest BCUT2D eigenvalue weighted by molar-refractivity contribution is 0.331. The van der Waals surface area contributed by atoms with Crippen molar-refractivity contribution in [2.24, 2.45) is 0 Å². The standard InChI is InChI=1S/C16H19BrN4S/c17-14-4-3-13(22-14)10-21-8-6-12(9-21)19-15-5-7-18-16(20-15)11-1-2-11/h3-5,7,11-12H,1-2,6,8-10H2,(H,18,19,20). The molecular weight excluding hydrogens is 360 g/mol. The summed E-state index contributed by atoms with van der Waals surface area (Å²) in [5, 5.41) is 3.59. The van der Waals surface area contributed by atoms with E-state index in [4.69, 9.17) is 0 Å². The van der Waals surface area contributed by atoms with Crippen LogP contribution in [0.2, 0.25) is 0 Å². The molecule has 0 bridgehead atoms. The van der Waals surface area contributed by atoms with Gasteiger partial charge in [0, 0.05) is 42.7 Å². The number of nitrogens with one attached hydrogen (secondary N) is 1. The Morgan fingerprint density at radius 1 is 1.27 bits per heavy atom. The van der Waals surface area contributed by atoms with Gasteiger partial charge in [0.25, 0.3) is 0 Å². The van der Waals surface area contributed by atoms with E-state index in [1.54, 1.807) is 0 Å². The number of halogens is 1. The van der Waals surface area contributed by atoms with Crippen LogP contribution in [0.4, 0.5) is 5.82 Å². The number of nitrogens with zero attached hydrogens (tertiary/aromatic N) is 3. The Balaban J connectivity index is 1.33. The normalized spacial score (nSPS) is 22.1. The average molecular weight is 379 g/mol. The van der Waals surface area contributed by atoms with Crippen molar-refractivity contribution < 1.29 is 0 Å². The lowest BCUT2D eigenvalue weighted by atomic mass is 10.2. The molecule has 0 radical (unpaired) electrons. The van der Waals surface area contributed by atoms with Gasteiger partial charge >= 0.3 is 0 Å². The minimum absolute atomic E-state index is 0.491. The van der Waals surface area contributed by atoms with Crippen molar-refractivity contribution in [2.45, 2.75) is 37.8 Å². The molecule has 0 spiro atoms. The van der Waals surface area contributed by atoms with Crippen molar-refractivity contribution in [1.29, 1.82) is 0 Å². The maximum atomic E-state index is 4.67. The predicted octanol–water partition coefficient (Wildman–Crippen LogP) is 3.86. The summed E-state index contributed by atoms with van der Waals surface area (Å²) in [7, 11) is 0. The fourth-order valence-electron chi connectivity index (χ4n) is 2.95. The molecule has 3 heterocycles. The fourth-order valence-corrected chi connectivity index (χ4v) is 4.48. The molecule has 1 saturated heterocycles. The molecule has 0 aromatic carbocycles. The summed E-state index contributed by atoms with van der Waals surface area (Å²) in [6.07, 6.45) is 5.56. The van der Waals surface area contributed by atoms with Crippen LogP contribution in [-0.2, 0) is 6.54 Å². The Kier molecular flexibility index (Phi) is 4.15. The third-order valence-electron chi connectivity index (χ3n) is 4.25. The second kappa shape index (κ2) is 6.26. The molecule has 6 heteroatoms. The second-order valence-corrected chi connectivity index (χ2v) is 8.69. The zero-order valence-electron chi connectivity index (χ0n) is 12.3. The van der Waals surface area contributed by atoms with Crippen LogP contribution < -0.4 is 5.32 Å². The van der Waals surface area contributed by atoms with E-state index >= 15 is 0 Å². The van der Waals surface area contributed by atoms with Gasteiger partial charge in [-0.25, -0.2) is 9.97 Å². The summed E-state index contributed by atoms with van der Waals surface area (Å²) in [5.41, 5.74) is 0. The molecule has 22 heavy (non-hydrogen) atoms. The summed E-state index contributed by atoms with van der Waals surface area (Å²) >= 11 is 5.36. The first-order valence-corrected chi connectivity index (χ1v) is 9.43. The smallest absolute Gasteiger partial charge is 0.133 e. The van der Waals surface area contributed by atoms with E-state index in [0.717, 1.165) is 31.3 Å². The maximum Gasteiger partial charge on any atom is 0.133 e. The Morgan fingerprint density at radius 2 is 2.18 bits per heavy atom. The first kappa shape index (κ1) is 14.6. The van der Waals surface area contributed by atoms with E-state index in [1.807, 2.05) is 23.6 Å². The molecule has 1 saturated carbocycles. The van der Waals surface area contributed by atoms with Crippen LogP contribution in [0.1, 0.15) is 35.9 Å². The van der Waals surface area contributed by atoms with Gasteiger partial charge in [0.1, 0.15) is 11.6 Å². The van der Waals surface area contributed by atoms with Crippen LogP contribution in [0, 0.1) is 0 Å². The Hall–Kier alpha value is -0.980. The van der Waals surface area contributed by atoms with Gasteiger partial charge in [-0.05, 0) is 53.4 Å². The number of rotatable bonds is 5. The van der Waals surface area contributed by atoms with Gasteiger partial charge in [-0.1, -0.05) is 0 Å². The van der Waals surface area contributed by atoms with Gasteiger partial charge in [-0.15, -0.1) is 11.3 Å². The summed E-state index contributed by atoms with van der Waals surface area (Å²) < 4.78 is 1.21. The first-order valence-electron chi connectivity index (χ1n) is 7.82. The summed E-state index contributed by atoms with van der Waals surface area (Å²) in [6, 6.07) is 6.82.